The van der Waals surface area contributed by atoms with Crippen molar-refractivity contribution in [2.24, 2.45) is 0 Å². The van der Waals surface area contributed by atoms with Crippen molar-refractivity contribution in [3.8, 4) is 28.1 Å². The first-order valence-corrected chi connectivity index (χ1v) is 9.72. The summed E-state index contributed by atoms with van der Waals surface area (Å²) < 4.78 is 97.6. The van der Waals surface area contributed by atoms with Crippen molar-refractivity contribution in [1.29, 1.82) is 0 Å². The zero-order valence-electron chi connectivity index (χ0n) is 17.0. The first-order chi connectivity index (χ1) is 16.0. The van der Waals surface area contributed by atoms with Crippen LogP contribution in [0.25, 0.3) is 33.3 Å². The van der Waals surface area contributed by atoms with Gasteiger partial charge in [0.1, 0.15) is 5.75 Å². The van der Waals surface area contributed by atoms with Crippen LogP contribution in [0.15, 0.2) is 78.9 Å². The average molecular weight is 481 g/mol. The molecule has 176 valence electrons. The second-order valence-electron chi connectivity index (χ2n) is 7.12. The van der Waals surface area contributed by atoms with Crippen molar-refractivity contribution >= 4 is 10.9 Å². The number of pyridine rings is 1. The molecule has 0 aliphatic carbocycles. The van der Waals surface area contributed by atoms with Gasteiger partial charge in [0, 0.05) is 10.9 Å². The van der Waals surface area contributed by atoms with Gasteiger partial charge in [0.15, 0.2) is 0 Å². The number of aromatic nitrogens is 1. The van der Waals surface area contributed by atoms with E-state index in [2.05, 4.69) is 14.5 Å². The lowest BCUT2D eigenvalue weighted by Gasteiger charge is -2.17. The molecule has 3 aromatic carbocycles. The van der Waals surface area contributed by atoms with Crippen LogP contribution in [-0.2, 0) is 10.8 Å². The number of halogens is 7. The van der Waals surface area contributed by atoms with Crippen LogP contribution in [0.1, 0.15) is 5.56 Å². The molecule has 1 heterocycles. The number of rotatable bonds is 6. The third kappa shape index (κ3) is 5.28. The van der Waals surface area contributed by atoms with E-state index in [0.717, 1.165) is 12.1 Å². The van der Waals surface area contributed by atoms with Gasteiger partial charge in [-0.05, 0) is 41.5 Å². The molecule has 1 aromatic heterocycles. The maximum Gasteiger partial charge on any atom is 0.573 e. The predicted octanol–water partition coefficient (Wildman–Crippen LogP) is 7.76. The van der Waals surface area contributed by atoms with E-state index in [1.165, 1.54) is 36.4 Å². The number of ether oxygens (including phenoxy) is 2. The van der Waals surface area contributed by atoms with Crippen LogP contribution in [0.2, 0.25) is 0 Å². The molecule has 4 aromatic rings. The Balaban J connectivity index is 1.72. The zero-order valence-corrected chi connectivity index (χ0v) is 17.0. The van der Waals surface area contributed by atoms with E-state index in [1.807, 2.05) is 0 Å². The number of hydrogen-bond donors (Lipinski definition) is 0. The first-order valence-electron chi connectivity index (χ1n) is 9.72. The van der Waals surface area contributed by atoms with Gasteiger partial charge in [-0.1, -0.05) is 48.5 Å². The van der Waals surface area contributed by atoms with Gasteiger partial charge in [-0.2, -0.15) is 17.6 Å². The fourth-order valence-corrected chi connectivity index (χ4v) is 3.47. The van der Waals surface area contributed by atoms with E-state index < -0.39 is 24.6 Å². The van der Waals surface area contributed by atoms with Crippen molar-refractivity contribution in [2.45, 2.75) is 19.1 Å². The molecule has 0 atom stereocenters. The van der Waals surface area contributed by atoms with Crippen molar-refractivity contribution < 1.29 is 40.2 Å². The van der Waals surface area contributed by atoms with Gasteiger partial charge in [-0.25, -0.2) is 4.98 Å². The molecule has 0 spiro atoms. The van der Waals surface area contributed by atoms with E-state index in [4.69, 9.17) is 0 Å². The van der Waals surface area contributed by atoms with Crippen LogP contribution < -0.4 is 4.74 Å². The summed E-state index contributed by atoms with van der Waals surface area (Å²) in [4.78, 5) is 4.45. The molecule has 3 nitrogen and oxygen atoms in total. The highest BCUT2D eigenvalue weighted by Gasteiger charge is 2.36. The molecule has 0 fully saturated rings. The molecule has 0 amide bonds. The van der Waals surface area contributed by atoms with E-state index in [1.54, 1.807) is 30.3 Å². The molecule has 4 rings (SSSR count). The Hall–Kier alpha value is -3.66. The number of fused-ring (bicyclic) bond motifs is 1. The maximum absolute atomic E-state index is 13.9. The summed E-state index contributed by atoms with van der Waals surface area (Å²) >= 11 is 0. The Labute approximate surface area is 188 Å². The number of hydrogen-bond acceptors (Lipinski definition) is 3. The molecule has 0 N–H and O–H groups in total. The topological polar surface area (TPSA) is 31.4 Å². The molecule has 0 saturated heterocycles. The highest BCUT2D eigenvalue weighted by atomic mass is 19.4. The summed E-state index contributed by atoms with van der Waals surface area (Å²) in [6.07, 6.45) is -9.03. The molecule has 0 unspecified atom stereocenters. The number of benzene rings is 3. The van der Waals surface area contributed by atoms with Gasteiger partial charge in [-0.15, -0.1) is 13.2 Å². The second-order valence-corrected chi connectivity index (χ2v) is 7.12. The summed E-state index contributed by atoms with van der Waals surface area (Å²) in [5.74, 6) is -0.379. The van der Waals surface area contributed by atoms with Gasteiger partial charge in [0.2, 0.25) is 0 Å². The minimum absolute atomic E-state index is 0.239. The second kappa shape index (κ2) is 8.94. The van der Waals surface area contributed by atoms with Gasteiger partial charge in [-0.3, -0.25) is 4.74 Å². The Morgan fingerprint density at radius 1 is 0.735 bits per heavy atom. The van der Waals surface area contributed by atoms with Crippen LogP contribution in [0.4, 0.5) is 30.7 Å². The Kier molecular flexibility index (Phi) is 6.18. The fourth-order valence-electron chi connectivity index (χ4n) is 3.47. The third-order valence-corrected chi connectivity index (χ3v) is 4.84. The van der Waals surface area contributed by atoms with Crippen LogP contribution in [0.3, 0.4) is 0 Å². The van der Waals surface area contributed by atoms with Gasteiger partial charge >= 0.3 is 19.1 Å². The fraction of sp³-hybridized carbons (Fsp3) is 0.125. The predicted molar refractivity (Wildman–Crippen MR) is 110 cm³/mol. The van der Waals surface area contributed by atoms with Crippen LogP contribution in [-0.4, -0.2) is 18.0 Å². The Morgan fingerprint density at radius 3 is 2.18 bits per heavy atom. The minimum Gasteiger partial charge on any atom is -0.406 e. The largest absolute Gasteiger partial charge is 0.573 e. The monoisotopic (exact) mass is 481 g/mol. The van der Waals surface area contributed by atoms with E-state index in [0.29, 0.717) is 22.0 Å². The Bertz CT molecular complexity index is 1320. The lowest BCUT2D eigenvalue weighted by molar-refractivity contribution is -0.328. The number of nitrogens with zero attached hydrogens (tertiary/aromatic N) is 1. The summed E-state index contributed by atoms with van der Waals surface area (Å²) in [6.45, 7) is -3.66. The SMILES string of the molecule is FC(F)OC(F)(F)c1cccc(-c2ccc3c(-c4cccc(OC(F)(F)F)c4)cccc3n2)c1. The minimum atomic E-state index is -4.83. The summed E-state index contributed by atoms with van der Waals surface area (Å²) in [5, 5.41) is 0.595. The average Bonchev–Trinajstić information content (AvgIpc) is 2.76. The molecule has 0 radical (unpaired) electrons. The van der Waals surface area contributed by atoms with Crippen molar-refractivity contribution in [2.75, 3.05) is 0 Å². The summed E-state index contributed by atoms with van der Waals surface area (Å²) in [6, 6.07) is 18.3. The van der Waals surface area contributed by atoms with Crippen LogP contribution >= 0.6 is 0 Å². The molecule has 10 heteroatoms. The quantitative estimate of drug-likeness (QED) is 0.264. The molecular formula is C24H14F7NO2. The lowest BCUT2D eigenvalue weighted by Crippen LogP contribution is -2.21. The maximum atomic E-state index is 13.9. The number of alkyl halides is 7. The highest BCUT2D eigenvalue weighted by molar-refractivity contribution is 5.95. The van der Waals surface area contributed by atoms with Gasteiger partial charge < -0.3 is 4.74 Å². The molecule has 0 saturated carbocycles. The van der Waals surface area contributed by atoms with Crippen LogP contribution in [0.5, 0.6) is 5.75 Å². The lowest BCUT2D eigenvalue weighted by atomic mass is 9.99. The van der Waals surface area contributed by atoms with Crippen molar-refractivity contribution in [3.05, 3.63) is 84.4 Å². The summed E-state index contributed by atoms with van der Waals surface area (Å²) in [7, 11) is 0. The van der Waals surface area contributed by atoms with Gasteiger partial charge in [0.05, 0.1) is 16.8 Å². The standard InChI is InChI=1S/C24H14F7NO2/c25-22(26)34-23(27,28)16-6-1-5-15(12-16)20-11-10-19-18(8-3-9-21(19)32-20)14-4-2-7-17(13-14)33-24(29,30)31/h1-13,22H. The molecule has 34 heavy (non-hydrogen) atoms. The molecular weight excluding hydrogens is 467 g/mol. The van der Waals surface area contributed by atoms with Crippen LogP contribution in [0, 0.1) is 0 Å². The van der Waals surface area contributed by atoms with Crippen molar-refractivity contribution in [1.82, 2.24) is 4.98 Å². The smallest absolute Gasteiger partial charge is 0.406 e. The zero-order chi connectivity index (χ0) is 24.5. The van der Waals surface area contributed by atoms with Gasteiger partial charge in [0.25, 0.3) is 0 Å². The third-order valence-electron chi connectivity index (χ3n) is 4.84. The highest BCUT2D eigenvalue weighted by Crippen LogP contribution is 2.35. The molecule has 0 aliphatic heterocycles. The normalized spacial score (nSPS) is 12.4. The van der Waals surface area contributed by atoms with Crippen molar-refractivity contribution in [3.63, 3.8) is 0 Å². The Morgan fingerprint density at radius 2 is 1.44 bits per heavy atom. The van der Waals surface area contributed by atoms with E-state index >= 15 is 0 Å². The van der Waals surface area contributed by atoms with E-state index in [9.17, 15) is 30.7 Å². The molecule has 0 aliphatic rings. The van der Waals surface area contributed by atoms with E-state index in [-0.39, 0.29) is 17.0 Å². The first kappa shape index (κ1) is 23.5. The molecule has 0 bridgehead atoms. The summed E-state index contributed by atoms with van der Waals surface area (Å²) in [5.41, 5.74) is 1.24.